The van der Waals surface area contributed by atoms with E-state index in [0.29, 0.717) is 25.8 Å². The molecule has 52 heavy (non-hydrogen) atoms. The molecule has 2 unspecified atom stereocenters. The summed E-state index contributed by atoms with van der Waals surface area (Å²) in [5.74, 6) is -5.41. The molecule has 0 aromatic heterocycles. The van der Waals surface area contributed by atoms with Crippen LogP contribution in [0.3, 0.4) is 0 Å². The van der Waals surface area contributed by atoms with Gasteiger partial charge in [0.25, 0.3) is 23.4 Å². The van der Waals surface area contributed by atoms with Crippen molar-refractivity contribution in [1.82, 2.24) is 16.0 Å². The summed E-state index contributed by atoms with van der Waals surface area (Å²) in [6.45, 7) is 0.576. The van der Waals surface area contributed by atoms with Crippen molar-refractivity contribution < 1.29 is 55.1 Å². The SMILES string of the molecule is NCCCCC(NC(=O)c1ccccc1)C(=O)C(F)(F)F.O=C(NCCCCC(NC(=O)c1ccccc1)C(=O)C(F)(F)F)OCc1ccccc1. The first kappa shape index (κ1) is 42.9. The lowest BCUT2D eigenvalue weighted by atomic mass is 10.0. The number of nitrogens with one attached hydrogen (secondary N) is 3. The maximum Gasteiger partial charge on any atom is 0.452 e. The predicted octanol–water partition coefficient (Wildman–Crippen LogP) is 6.06. The van der Waals surface area contributed by atoms with E-state index in [4.69, 9.17) is 10.5 Å². The molecule has 3 aromatic rings. The molecule has 0 saturated carbocycles. The van der Waals surface area contributed by atoms with Crippen molar-refractivity contribution in [2.45, 2.75) is 69.6 Å². The van der Waals surface area contributed by atoms with Crippen LogP contribution in [0, 0.1) is 0 Å². The Morgan fingerprint density at radius 2 is 1.00 bits per heavy atom. The Hall–Kier alpha value is -5.25. The first-order valence-corrected chi connectivity index (χ1v) is 16.2. The van der Waals surface area contributed by atoms with Crippen LogP contribution in [0.5, 0.6) is 0 Å². The van der Waals surface area contributed by atoms with E-state index in [1.54, 1.807) is 48.5 Å². The number of ether oxygens (including phenoxy) is 1. The normalized spacial score (nSPS) is 12.3. The molecular weight excluding hydrogens is 698 g/mol. The molecule has 10 nitrogen and oxygen atoms in total. The number of alkyl halides is 6. The minimum absolute atomic E-state index is 0.0892. The van der Waals surface area contributed by atoms with Gasteiger partial charge in [0.05, 0.1) is 12.1 Å². The number of carbonyl (C=O) groups excluding carboxylic acids is 5. The molecule has 0 aliphatic heterocycles. The number of halogens is 6. The summed E-state index contributed by atoms with van der Waals surface area (Å²) in [4.78, 5) is 58.7. The summed E-state index contributed by atoms with van der Waals surface area (Å²) in [7, 11) is 0. The monoisotopic (exact) mass is 738 g/mol. The summed E-state index contributed by atoms with van der Waals surface area (Å²) in [5, 5.41) is 6.80. The highest BCUT2D eigenvalue weighted by molar-refractivity contribution is 6.00. The highest BCUT2D eigenvalue weighted by Gasteiger charge is 2.44. The van der Waals surface area contributed by atoms with E-state index in [2.05, 4.69) is 16.0 Å². The summed E-state index contributed by atoms with van der Waals surface area (Å²) >= 11 is 0. The lowest BCUT2D eigenvalue weighted by Gasteiger charge is -2.19. The molecule has 0 fully saturated rings. The van der Waals surface area contributed by atoms with Crippen LogP contribution in [0.15, 0.2) is 91.0 Å². The second kappa shape index (κ2) is 21.9. The van der Waals surface area contributed by atoms with Crippen LogP contribution in [0.1, 0.15) is 64.8 Å². The van der Waals surface area contributed by atoms with Gasteiger partial charge in [-0.25, -0.2) is 4.79 Å². The number of carbonyl (C=O) groups is 5. The van der Waals surface area contributed by atoms with Crippen LogP contribution in [0.25, 0.3) is 0 Å². The molecule has 0 bridgehead atoms. The van der Waals surface area contributed by atoms with Gasteiger partial charge in [-0.1, -0.05) is 66.7 Å². The molecule has 3 aromatic carbocycles. The predicted molar refractivity (Wildman–Crippen MR) is 179 cm³/mol. The zero-order valence-corrected chi connectivity index (χ0v) is 28.0. The highest BCUT2D eigenvalue weighted by Crippen LogP contribution is 2.22. The molecule has 3 amide bonds. The van der Waals surface area contributed by atoms with E-state index < -0.39 is 53.9 Å². The van der Waals surface area contributed by atoms with Gasteiger partial charge in [-0.2, -0.15) is 26.3 Å². The molecule has 16 heteroatoms. The fourth-order valence-electron chi connectivity index (χ4n) is 4.53. The van der Waals surface area contributed by atoms with Gasteiger partial charge in [0.2, 0.25) is 0 Å². The van der Waals surface area contributed by atoms with Gasteiger partial charge in [0, 0.05) is 17.7 Å². The number of amides is 3. The third-order valence-electron chi connectivity index (χ3n) is 7.22. The van der Waals surface area contributed by atoms with Crippen molar-refractivity contribution in [2.75, 3.05) is 13.1 Å². The number of unbranched alkanes of at least 4 members (excludes halogenated alkanes) is 2. The van der Waals surface area contributed by atoms with Crippen LogP contribution < -0.4 is 21.7 Å². The Kier molecular flexibility index (Phi) is 18.0. The number of hydrogen-bond acceptors (Lipinski definition) is 7. The number of nitrogens with two attached hydrogens (primary N) is 1. The highest BCUT2D eigenvalue weighted by atomic mass is 19.4. The van der Waals surface area contributed by atoms with E-state index in [1.165, 1.54) is 24.3 Å². The summed E-state index contributed by atoms with van der Waals surface area (Å²) in [5.41, 5.74) is 6.46. The van der Waals surface area contributed by atoms with E-state index in [9.17, 15) is 50.3 Å². The van der Waals surface area contributed by atoms with Crippen LogP contribution in [-0.4, -0.2) is 67.0 Å². The Balaban J connectivity index is 0.000000389. The topological polar surface area (TPSA) is 157 Å². The van der Waals surface area contributed by atoms with Gasteiger partial charge < -0.3 is 26.4 Å². The molecule has 0 saturated heterocycles. The van der Waals surface area contributed by atoms with Crippen molar-refractivity contribution in [3.8, 4) is 0 Å². The molecule has 5 N–H and O–H groups in total. The molecule has 0 heterocycles. The number of alkyl carbamates (subject to hydrolysis) is 1. The van der Waals surface area contributed by atoms with E-state index in [-0.39, 0.29) is 43.5 Å². The molecule has 3 rings (SSSR count). The number of ketones is 2. The van der Waals surface area contributed by atoms with Crippen LogP contribution in [-0.2, 0) is 20.9 Å². The second-order valence-corrected chi connectivity index (χ2v) is 11.3. The lowest BCUT2D eigenvalue weighted by Crippen LogP contribution is -2.46. The Morgan fingerprint density at radius 1 is 0.596 bits per heavy atom. The van der Waals surface area contributed by atoms with E-state index in [1.807, 2.05) is 18.2 Å². The Bertz CT molecular complexity index is 1560. The van der Waals surface area contributed by atoms with Gasteiger partial charge in [-0.3, -0.25) is 19.2 Å². The number of hydrogen-bond donors (Lipinski definition) is 4. The molecule has 282 valence electrons. The summed E-state index contributed by atoms with van der Waals surface area (Å²) < 4.78 is 81.3. The standard InChI is InChI=1S/C22H23F3N2O4.C14H17F3N2O2/c23-22(24,25)19(28)18(27-20(29)17-11-5-2-6-12-17)13-7-8-14-26-21(30)31-15-16-9-3-1-4-10-16;15-14(16,17)12(20)11(8-4-5-9-18)19-13(21)10-6-2-1-3-7-10/h1-6,9-12,18H,7-8,13-15H2,(H,26,30)(H,27,29);1-3,6-7,11H,4-5,8-9,18H2,(H,19,21). The number of rotatable bonds is 17. The maximum absolute atomic E-state index is 12.9. The first-order valence-electron chi connectivity index (χ1n) is 16.2. The van der Waals surface area contributed by atoms with Gasteiger partial charge >= 0.3 is 18.4 Å². The Labute approximate surface area is 296 Å². The zero-order valence-electron chi connectivity index (χ0n) is 28.0. The van der Waals surface area contributed by atoms with Gasteiger partial charge in [0.15, 0.2) is 0 Å². The third-order valence-corrected chi connectivity index (χ3v) is 7.22. The quantitative estimate of drug-likeness (QED) is 0.0970. The fraction of sp³-hybridized carbons (Fsp3) is 0.361. The number of benzene rings is 3. The van der Waals surface area contributed by atoms with Crippen molar-refractivity contribution >= 4 is 29.5 Å². The molecule has 0 aliphatic rings. The van der Waals surface area contributed by atoms with Crippen LogP contribution in [0.2, 0.25) is 0 Å². The van der Waals surface area contributed by atoms with Crippen molar-refractivity contribution in [3.63, 3.8) is 0 Å². The maximum atomic E-state index is 12.9. The van der Waals surface area contributed by atoms with Crippen molar-refractivity contribution in [2.24, 2.45) is 5.73 Å². The summed E-state index contributed by atoms with van der Waals surface area (Å²) in [6.07, 6.45) is -9.67. The van der Waals surface area contributed by atoms with Crippen molar-refractivity contribution in [1.29, 1.82) is 0 Å². The Morgan fingerprint density at radius 3 is 1.40 bits per heavy atom. The van der Waals surface area contributed by atoms with E-state index >= 15 is 0 Å². The van der Waals surface area contributed by atoms with Gasteiger partial charge in [0.1, 0.15) is 6.61 Å². The average molecular weight is 739 g/mol. The zero-order chi connectivity index (χ0) is 38.6. The van der Waals surface area contributed by atoms with Crippen LogP contribution in [0.4, 0.5) is 31.1 Å². The average Bonchev–Trinajstić information content (AvgIpc) is 3.13. The molecule has 0 spiro atoms. The van der Waals surface area contributed by atoms with Crippen molar-refractivity contribution in [3.05, 3.63) is 108 Å². The first-order chi connectivity index (χ1) is 24.6. The second-order valence-electron chi connectivity index (χ2n) is 11.3. The minimum Gasteiger partial charge on any atom is -0.445 e. The summed E-state index contributed by atoms with van der Waals surface area (Å²) in [6, 6.07) is 21.2. The van der Waals surface area contributed by atoms with Gasteiger partial charge in [-0.05, 0) is 74.9 Å². The fourth-order valence-corrected chi connectivity index (χ4v) is 4.53. The molecule has 0 aliphatic carbocycles. The number of Topliss-reactive ketones (excluding diaryl/α,β-unsaturated/α-hetero) is 2. The minimum atomic E-state index is -5.06. The van der Waals surface area contributed by atoms with Gasteiger partial charge in [-0.15, -0.1) is 0 Å². The molecule has 0 radical (unpaired) electrons. The smallest absolute Gasteiger partial charge is 0.445 e. The third kappa shape index (κ3) is 16.2. The molecule has 2 atom stereocenters. The lowest BCUT2D eigenvalue weighted by molar-refractivity contribution is -0.173. The van der Waals surface area contributed by atoms with Crippen LogP contribution >= 0.6 is 0 Å². The van der Waals surface area contributed by atoms with E-state index in [0.717, 1.165) is 5.56 Å². The largest absolute Gasteiger partial charge is 0.452 e. The molecular formula is C36H40F6N4O6.